The summed E-state index contributed by atoms with van der Waals surface area (Å²) in [6, 6.07) is 9.65. The predicted octanol–water partition coefficient (Wildman–Crippen LogP) is 4.32. The minimum atomic E-state index is -1.09. The Morgan fingerprint density at radius 3 is 2.38 bits per heavy atom. The van der Waals surface area contributed by atoms with E-state index in [0.29, 0.717) is 16.5 Å². The molecule has 106 valence electrons. The normalized spacial score (nSPS) is 10.0. The van der Waals surface area contributed by atoms with Crippen LogP contribution >= 0.6 is 11.6 Å². The Kier molecular flexibility index (Phi) is 4.15. The first-order valence-electron chi connectivity index (χ1n) is 6.14. The summed E-state index contributed by atoms with van der Waals surface area (Å²) in [5, 5.41) is 18.7. The molecule has 0 radical (unpaired) electrons. The minimum Gasteiger partial charge on any atom is -0.478 e. The van der Waals surface area contributed by atoms with Crippen molar-refractivity contribution in [3.63, 3.8) is 0 Å². The molecule has 0 aliphatic heterocycles. The molecule has 0 heterocycles. The summed E-state index contributed by atoms with van der Waals surface area (Å²) in [5.74, 6) is -0.160. The van der Waals surface area contributed by atoms with E-state index in [0.717, 1.165) is 11.1 Å². The number of aromatic carboxylic acids is 1. The summed E-state index contributed by atoms with van der Waals surface area (Å²) in [5.41, 5.74) is 1.89. The monoisotopic (exact) mass is 301 g/mol. The summed E-state index contributed by atoms with van der Waals surface area (Å²) in [6.07, 6.45) is 0. The highest BCUT2D eigenvalue weighted by atomic mass is 35.5. The number of hydrogen-bond donors (Lipinski definition) is 1. The van der Waals surface area contributed by atoms with Crippen LogP contribution in [0.2, 0.25) is 5.02 Å². The predicted molar refractivity (Wildman–Crippen MR) is 79.1 cm³/mol. The Morgan fingerprint density at radius 1 is 1.24 bits per heavy atom. The quantitative estimate of drug-likeness (QED) is 0.916. The molecule has 1 N–H and O–H groups in total. The second-order valence-electron chi connectivity index (χ2n) is 4.60. The third kappa shape index (κ3) is 3.15. The van der Waals surface area contributed by atoms with E-state index >= 15 is 0 Å². The number of rotatable bonds is 3. The van der Waals surface area contributed by atoms with Crippen LogP contribution in [0.5, 0.6) is 11.5 Å². The number of ether oxygens (including phenoxy) is 1. The molecule has 2 rings (SSSR count). The summed E-state index contributed by atoms with van der Waals surface area (Å²) >= 11 is 5.97. The zero-order valence-corrected chi connectivity index (χ0v) is 12.2. The lowest BCUT2D eigenvalue weighted by molar-refractivity contribution is 0.0697. The largest absolute Gasteiger partial charge is 0.478 e. The van der Waals surface area contributed by atoms with Gasteiger partial charge in [-0.1, -0.05) is 11.6 Å². The molecule has 21 heavy (non-hydrogen) atoms. The molecule has 0 aliphatic carbocycles. The summed E-state index contributed by atoms with van der Waals surface area (Å²) in [4.78, 5) is 10.9. The number of nitriles is 1. The lowest BCUT2D eigenvalue weighted by Gasteiger charge is -2.13. The second-order valence-corrected chi connectivity index (χ2v) is 5.04. The third-order valence-electron chi connectivity index (χ3n) is 2.98. The van der Waals surface area contributed by atoms with Crippen LogP contribution in [0.3, 0.4) is 0 Å². The number of halogens is 1. The topological polar surface area (TPSA) is 70.3 Å². The Bertz CT molecular complexity index is 740. The zero-order chi connectivity index (χ0) is 15.6. The Morgan fingerprint density at radius 2 is 1.86 bits per heavy atom. The van der Waals surface area contributed by atoms with E-state index in [1.54, 1.807) is 12.1 Å². The van der Waals surface area contributed by atoms with Gasteiger partial charge < -0.3 is 9.84 Å². The molecule has 0 fully saturated rings. The Labute approximate surface area is 127 Å². The van der Waals surface area contributed by atoms with Gasteiger partial charge in [-0.25, -0.2) is 4.79 Å². The summed E-state index contributed by atoms with van der Waals surface area (Å²) in [6.45, 7) is 3.71. The van der Waals surface area contributed by atoms with Gasteiger partial charge in [0.05, 0.1) is 11.1 Å². The van der Waals surface area contributed by atoms with Crippen LogP contribution in [0.25, 0.3) is 0 Å². The van der Waals surface area contributed by atoms with Gasteiger partial charge >= 0.3 is 5.97 Å². The number of nitrogens with zero attached hydrogens (tertiary/aromatic N) is 1. The molecular formula is C16H12ClNO3. The van der Waals surface area contributed by atoms with Gasteiger partial charge in [0.15, 0.2) is 0 Å². The van der Waals surface area contributed by atoms with Crippen molar-refractivity contribution in [1.82, 2.24) is 0 Å². The van der Waals surface area contributed by atoms with E-state index in [1.807, 2.05) is 19.9 Å². The first-order chi connectivity index (χ1) is 9.92. The molecule has 0 saturated heterocycles. The third-order valence-corrected chi connectivity index (χ3v) is 3.20. The maximum atomic E-state index is 10.9. The van der Waals surface area contributed by atoms with Gasteiger partial charge in [-0.05, 0) is 55.3 Å². The van der Waals surface area contributed by atoms with E-state index in [-0.39, 0.29) is 11.1 Å². The summed E-state index contributed by atoms with van der Waals surface area (Å²) < 4.78 is 5.78. The molecule has 0 amide bonds. The number of aryl methyl sites for hydroxylation is 2. The fraction of sp³-hybridized carbons (Fsp3) is 0.125. The molecule has 2 aromatic carbocycles. The fourth-order valence-electron chi connectivity index (χ4n) is 2.01. The molecule has 4 nitrogen and oxygen atoms in total. The number of carboxylic acids is 1. The highest BCUT2D eigenvalue weighted by molar-refractivity contribution is 6.30. The van der Waals surface area contributed by atoms with Crippen LogP contribution in [0.1, 0.15) is 27.0 Å². The van der Waals surface area contributed by atoms with Crippen LogP contribution in [0, 0.1) is 25.2 Å². The van der Waals surface area contributed by atoms with E-state index in [2.05, 4.69) is 0 Å². The molecule has 0 atom stereocenters. The standard InChI is InChI=1S/C16H12ClNO3/c1-9-5-13(17)6-10(2)15(9)21-14-4-3-11(16(19)20)7-12(14)8-18/h3-7H,1-2H3,(H,19,20). The number of carbonyl (C=O) groups is 1. The van der Waals surface area contributed by atoms with Gasteiger partial charge in [-0.3, -0.25) is 0 Å². The van der Waals surface area contributed by atoms with Gasteiger partial charge in [0, 0.05) is 5.02 Å². The molecule has 0 spiro atoms. The fourth-order valence-corrected chi connectivity index (χ4v) is 2.34. The van der Waals surface area contributed by atoms with Gasteiger partial charge in [0.25, 0.3) is 0 Å². The average molecular weight is 302 g/mol. The molecule has 0 unspecified atom stereocenters. The second kappa shape index (κ2) is 5.86. The maximum absolute atomic E-state index is 10.9. The number of benzene rings is 2. The molecule has 0 aliphatic rings. The van der Waals surface area contributed by atoms with Crippen molar-refractivity contribution < 1.29 is 14.6 Å². The summed E-state index contributed by atoms with van der Waals surface area (Å²) in [7, 11) is 0. The highest BCUT2D eigenvalue weighted by Crippen LogP contribution is 2.33. The number of carboxylic acid groups (broad SMARTS) is 1. The van der Waals surface area contributed by atoms with Crippen molar-refractivity contribution in [2.24, 2.45) is 0 Å². The van der Waals surface area contributed by atoms with Crippen LogP contribution in [0.15, 0.2) is 30.3 Å². The van der Waals surface area contributed by atoms with Gasteiger partial charge in [-0.15, -0.1) is 0 Å². The number of hydrogen-bond acceptors (Lipinski definition) is 3. The lowest BCUT2D eigenvalue weighted by Crippen LogP contribution is -1.99. The van der Waals surface area contributed by atoms with E-state index in [1.165, 1.54) is 18.2 Å². The first kappa shape index (κ1) is 14.9. The van der Waals surface area contributed by atoms with Crippen molar-refractivity contribution in [2.75, 3.05) is 0 Å². The molecular weight excluding hydrogens is 290 g/mol. The SMILES string of the molecule is Cc1cc(Cl)cc(C)c1Oc1ccc(C(=O)O)cc1C#N. The van der Waals surface area contributed by atoms with E-state index in [9.17, 15) is 4.79 Å². The molecule has 0 saturated carbocycles. The van der Waals surface area contributed by atoms with Crippen LogP contribution in [-0.4, -0.2) is 11.1 Å². The lowest BCUT2D eigenvalue weighted by atomic mass is 10.1. The van der Waals surface area contributed by atoms with Gasteiger partial charge in [0.1, 0.15) is 17.6 Å². The van der Waals surface area contributed by atoms with Crippen molar-refractivity contribution in [3.05, 3.63) is 57.6 Å². The van der Waals surface area contributed by atoms with E-state index < -0.39 is 5.97 Å². The van der Waals surface area contributed by atoms with Crippen LogP contribution in [0.4, 0.5) is 0 Å². The zero-order valence-electron chi connectivity index (χ0n) is 11.5. The highest BCUT2D eigenvalue weighted by Gasteiger charge is 2.13. The average Bonchev–Trinajstić information content (AvgIpc) is 2.42. The van der Waals surface area contributed by atoms with Crippen molar-refractivity contribution in [1.29, 1.82) is 5.26 Å². The maximum Gasteiger partial charge on any atom is 0.335 e. The molecule has 2 aromatic rings. The van der Waals surface area contributed by atoms with Gasteiger partial charge in [-0.2, -0.15) is 5.26 Å². The van der Waals surface area contributed by atoms with Crippen molar-refractivity contribution >= 4 is 17.6 Å². The van der Waals surface area contributed by atoms with Crippen molar-refractivity contribution in [2.45, 2.75) is 13.8 Å². The van der Waals surface area contributed by atoms with Crippen LogP contribution in [-0.2, 0) is 0 Å². The molecule has 0 aromatic heterocycles. The Hall–Kier alpha value is -2.51. The minimum absolute atomic E-state index is 0.0449. The Balaban J connectivity index is 2.46. The van der Waals surface area contributed by atoms with Crippen LogP contribution < -0.4 is 4.74 Å². The smallest absolute Gasteiger partial charge is 0.335 e. The first-order valence-corrected chi connectivity index (χ1v) is 6.52. The molecule has 5 heteroatoms. The van der Waals surface area contributed by atoms with E-state index in [4.69, 9.17) is 26.7 Å². The molecule has 0 bridgehead atoms. The van der Waals surface area contributed by atoms with Gasteiger partial charge in [0.2, 0.25) is 0 Å². The van der Waals surface area contributed by atoms with Crippen molar-refractivity contribution in [3.8, 4) is 17.6 Å².